The Hall–Kier alpha value is -1.56. The first-order chi connectivity index (χ1) is 14.1. The molecule has 2 aliphatic carbocycles. The fourth-order valence-electron chi connectivity index (χ4n) is 4.60. The van der Waals surface area contributed by atoms with Crippen LogP contribution in [0.3, 0.4) is 0 Å². The topological polar surface area (TPSA) is 0 Å². The van der Waals surface area contributed by atoms with Gasteiger partial charge in [-0.25, -0.2) is 0 Å². The predicted molar refractivity (Wildman–Crippen MR) is 137 cm³/mol. The Morgan fingerprint density at radius 1 is 0.600 bits per heavy atom. The van der Waals surface area contributed by atoms with Gasteiger partial charge in [0.15, 0.2) is 0 Å². The molecule has 0 aliphatic heterocycles. The molecule has 1 aromatic rings. The smallest absolute Gasteiger partial charge is 0.0133 e. The maximum absolute atomic E-state index is 2.31. The lowest BCUT2D eigenvalue weighted by atomic mass is 9.86. The van der Waals surface area contributed by atoms with Gasteiger partial charge < -0.3 is 0 Å². The van der Waals surface area contributed by atoms with Gasteiger partial charge in [-0.05, 0) is 88.2 Å². The molecule has 0 heteroatoms. The predicted octanol–water partition coefficient (Wildman–Crippen LogP) is 9.96. The summed E-state index contributed by atoms with van der Waals surface area (Å²) in [5.41, 5.74) is 9.48. The highest BCUT2D eigenvalue weighted by atomic mass is 14.2. The van der Waals surface area contributed by atoms with E-state index in [-0.39, 0.29) is 0 Å². The van der Waals surface area contributed by atoms with Gasteiger partial charge in [-0.15, -0.1) is 0 Å². The molecular weight excluding hydrogens is 360 g/mol. The average Bonchev–Trinajstić information content (AvgIpc) is 2.69. The third kappa shape index (κ3) is 9.07. The van der Waals surface area contributed by atoms with Gasteiger partial charge >= 0.3 is 0 Å². The second kappa shape index (κ2) is 13.7. The average molecular weight is 409 g/mol. The summed E-state index contributed by atoms with van der Waals surface area (Å²) >= 11 is 0. The van der Waals surface area contributed by atoms with E-state index < -0.39 is 0 Å². The third-order valence-electron chi connectivity index (χ3n) is 6.48. The van der Waals surface area contributed by atoms with Crippen LogP contribution in [0.25, 0.3) is 0 Å². The molecule has 0 N–H and O–H groups in total. The highest BCUT2D eigenvalue weighted by Gasteiger charge is 2.11. The molecule has 0 saturated heterocycles. The summed E-state index contributed by atoms with van der Waals surface area (Å²) in [5.74, 6) is 2.19. The molecule has 0 saturated carbocycles. The van der Waals surface area contributed by atoms with Crippen molar-refractivity contribution in [3.05, 3.63) is 69.8 Å². The molecule has 168 valence electrons. The Kier molecular flexibility index (Phi) is 12.1. The molecule has 0 bridgehead atoms. The lowest BCUT2D eigenvalue weighted by molar-refractivity contribution is 0.598. The standard InChI is InChI=1S/C10H18.C10H16.C10H14/c3*1-8(2)10-7-5-4-6-9(10)3/h8H,4-7H2,1-3H3;4-5,8H,6-7H2,1-3H3;4-8H,1-3H3. The van der Waals surface area contributed by atoms with Gasteiger partial charge in [-0.3, -0.25) is 0 Å². The van der Waals surface area contributed by atoms with Crippen molar-refractivity contribution in [1.82, 2.24) is 0 Å². The minimum absolute atomic E-state index is 0.654. The van der Waals surface area contributed by atoms with E-state index in [1.165, 1.54) is 49.7 Å². The van der Waals surface area contributed by atoms with E-state index in [1.54, 1.807) is 22.3 Å². The molecule has 0 heterocycles. The lowest BCUT2D eigenvalue weighted by Crippen LogP contribution is -2.02. The van der Waals surface area contributed by atoms with Crippen LogP contribution in [0.4, 0.5) is 0 Å². The van der Waals surface area contributed by atoms with Crippen LogP contribution in [-0.2, 0) is 0 Å². The van der Waals surface area contributed by atoms with Crippen LogP contribution >= 0.6 is 0 Å². The Morgan fingerprint density at radius 3 is 1.57 bits per heavy atom. The summed E-state index contributed by atoms with van der Waals surface area (Å²) in [6, 6.07) is 8.54. The van der Waals surface area contributed by atoms with Crippen molar-refractivity contribution >= 4 is 0 Å². The van der Waals surface area contributed by atoms with Gasteiger partial charge in [0.1, 0.15) is 0 Å². The zero-order chi connectivity index (χ0) is 22.7. The van der Waals surface area contributed by atoms with Crippen molar-refractivity contribution < 1.29 is 0 Å². The van der Waals surface area contributed by atoms with Crippen LogP contribution in [0.5, 0.6) is 0 Å². The van der Waals surface area contributed by atoms with Crippen LogP contribution in [0.1, 0.15) is 111 Å². The Bertz CT molecular complexity index is 706. The number of hydrogen-bond donors (Lipinski definition) is 0. The van der Waals surface area contributed by atoms with Crippen molar-refractivity contribution in [2.45, 2.75) is 107 Å². The van der Waals surface area contributed by atoms with Crippen molar-refractivity contribution in [3.63, 3.8) is 0 Å². The van der Waals surface area contributed by atoms with Crippen molar-refractivity contribution in [2.24, 2.45) is 11.8 Å². The highest BCUT2D eigenvalue weighted by molar-refractivity contribution is 5.28. The van der Waals surface area contributed by atoms with Gasteiger partial charge in [0.25, 0.3) is 0 Å². The van der Waals surface area contributed by atoms with Gasteiger partial charge in [0.2, 0.25) is 0 Å². The Balaban J connectivity index is 0.000000225. The molecule has 0 spiro atoms. The maximum Gasteiger partial charge on any atom is -0.0133 e. The summed E-state index contributed by atoms with van der Waals surface area (Å²) in [6.45, 7) is 20.3. The minimum Gasteiger partial charge on any atom is -0.0842 e. The summed E-state index contributed by atoms with van der Waals surface area (Å²) in [7, 11) is 0. The monoisotopic (exact) mass is 408 g/mol. The van der Waals surface area contributed by atoms with Crippen LogP contribution in [0.15, 0.2) is 58.7 Å². The number of aryl methyl sites for hydroxylation is 1. The number of rotatable bonds is 3. The molecule has 30 heavy (non-hydrogen) atoms. The largest absolute Gasteiger partial charge is 0.0842 e. The molecule has 0 unspecified atom stereocenters. The van der Waals surface area contributed by atoms with Crippen molar-refractivity contribution in [1.29, 1.82) is 0 Å². The zero-order valence-corrected chi connectivity index (χ0v) is 21.4. The van der Waals surface area contributed by atoms with Gasteiger partial charge in [-0.1, -0.05) is 100 Å². The molecule has 3 rings (SSSR count). The van der Waals surface area contributed by atoms with Gasteiger partial charge in [-0.2, -0.15) is 0 Å². The lowest BCUT2D eigenvalue weighted by Gasteiger charge is -2.20. The fraction of sp³-hybridized carbons (Fsp3) is 0.600. The molecule has 2 aliphatic rings. The zero-order valence-electron chi connectivity index (χ0n) is 21.4. The van der Waals surface area contributed by atoms with Crippen LogP contribution in [-0.4, -0.2) is 0 Å². The van der Waals surface area contributed by atoms with E-state index >= 15 is 0 Å². The van der Waals surface area contributed by atoms with Crippen LogP contribution in [0, 0.1) is 18.8 Å². The summed E-state index contributed by atoms with van der Waals surface area (Å²) in [6.07, 6.45) is 12.5. The van der Waals surface area contributed by atoms with E-state index in [1.807, 2.05) is 0 Å². The quantitative estimate of drug-likeness (QED) is 0.436. The van der Waals surface area contributed by atoms with E-state index in [2.05, 4.69) is 98.7 Å². The van der Waals surface area contributed by atoms with Gasteiger partial charge in [0, 0.05) is 0 Å². The molecule has 0 aromatic heterocycles. The van der Waals surface area contributed by atoms with E-state index in [0.717, 1.165) is 11.8 Å². The first kappa shape index (κ1) is 26.5. The van der Waals surface area contributed by atoms with Crippen molar-refractivity contribution in [2.75, 3.05) is 0 Å². The molecular formula is C30H48. The normalized spacial score (nSPS) is 16.5. The van der Waals surface area contributed by atoms with E-state index in [9.17, 15) is 0 Å². The molecule has 0 atom stereocenters. The molecule has 0 fully saturated rings. The molecule has 0 amide bonds. The fourth-order valence-corrected chi connectivity index (χ4v) is 4.60. The maximum atomic E-state index is 2.31. The van der Waals surface area contributed by atoms with Crippen molar-refractivity contribution in [3.8, 4) is 0 Å². The van der Waals surface area contributed by atoms with E-state index in [4.69, 9.17) is 0 Å². The highest BCUT2D eigenvalue weighted by Crippen LogP contribution is 2.29. The first-order valence-electron chi connectivity index (χ1n) is 12.2. The summed E-state index contributed by atoms with van der Waals surface area (Å²) in [4.78, 5) is 0. The Morgan fingerprint density at radius 2 is 1.17 bits per heavy atom. The number of benzene rings is 1. The second-order valence-corrected chi connectivity index (χ2v) is 10.0. The van der Waals surface area contributed by atoms with E-state index in [0.29, 0.717) is 5.92 Å². The summed E-state index contributed by atoms with van der Waals surface area (Å²) in [5, 5.41) is 0. The molecule has 1 aromatic carbocycles. The minimum atomic E-state index is 0.654. The SMILES string of the molecule is CC1=C(C(C)C)CC=CC1.CC1=C(C(C)C)CCCC1.Cc1ccccc1C(C)C. The first-order valence-corrected chi connectivity index (χ1v) is 12.2. The second-order valence-electron chi connectivity index (χ2n) is 10.0. The van der Waals surface area contributed by atoms with Crippen LogP contribution < -0.4 is 0 Å². The van der Waals surface area contributed by atoms with Crippen LogP contribution in [0.2, 0.25) is 0 Å². The summed E-state index contributed by atoms with van der Waals surface area (Å²) < 4.78 is 0. The number of hydrogen-bond acceptors (Lipinski definition) is 0. The molecule has 0 radical (unpaired) electrons. The molecule has 0 nitrogen and oxygen atoms in total. The third-order valence-corrected chi connectivity index (χ3v) is 6.48. The Labute approximate surface area is 188 Å². The van der Waals surface area contributed by atoms with Gasteiger partial charge in [0.05, 0.1) is 0 Å². The number of allylic oxidation sites excluding steroid dienone is 6.